The fraction of sp³-hybridized carbons (Fsp3) is 0.273. The number of carbonyl (C=O) groups is 1. The van der Waals surface area contributed by atoms with E-state index in [9.17, 15) is 4.79 Å². The predicted molar refractivity (Wildman–Crippen MR) is 110 cm³/mol. The second-order valence-electron chi connectivity index (χ2n) is 6.71. The number of rotatable bonds is 7. The van der Waals surface area contributed by atoms with Gasteiger partial charge in [-0.2, -0.15) is 0 Å². The smallest absolute Gasteiger partial charge is 0.251 e. The van der Waals surface area contributed by atoms with Crippen molar-refractivity contribution in [3.8, 4) is 11.1 Å². The molecule has 3 rings (SSSR count). The molecular weight excluding hydrogens is 358 g/mol. The van der Waals surface area contributed by atoms with Crippen LogP contribution >= 0.6 is 11.6 Å². The van der Waals surface area contributed by atoms with E-state index in [0.29, 0.717) is 17.1 Å². The van der Waals surface area contributed by atoms with Crippen LogP contribution in [0.4, 0.5) is 0 Å². The number of carbonyl (C=O) groups excluding carboxylic acids is 1. The molecule has 1 amide bonds. The number of amides is 1. The summed E-state index contributed by atoms with van der Waals surface area (Å²) in [6.45, 7) is 4.77. The van der Waals surface area contributed by atoms with Crippen molar-refractivity contribution in [1.29, 1.82) is 0 Å². The van der Waals surface area contributed by atoms with Gasteiger partial charge in [0.25, 0.3) is 5.91 Å². The summed E-state index contributed by atoms with van der Waals surface area (Å²) in [7, 11) is 0. The Morgan fingerprint density at radius 3 is 2.70 bits per heavy atom. The molecule has 0 atom stereocenters. The largest absolute Gasteiger partial charge is 0.366 e. The first kappa shape index (κ1) is 19.2. The maximum absolute atomic E-state index is 12.3. The number of nitrogens with two attached hydrogens (primary N) is 1. The van der Waals surface area contributed by atoms with Crippen molar-refractivity contribution in [2.75, 3.05) is 0 Å². The molecule has 0 saturated carbocycles. The lowest BCUT2D eigenvalue weighted by atomic mass is 9.99. The van der Waals surface area contributed by atoms with Gasteiger partial charge in [0.1, 0.15) is 0 Å². The van der Waals surface area contributed by atoms with Gasteiger partial charge in [-0.25, -0.2) is 0 Å². The quantitative estimate of drug-likeness (QED) is 0.625. The van der Waals surface area contributed by atoms with Crippen LogP contribution in [-0.4, -0.2) is 15.5 Å². The summed E-state index contributed by atoms with van der Waals surface area (Å²) in [6, 6.07) is 11.7. The highest BCUT2D eigenvalue weighted by molar-refractivity contribution is 6.30. The Kier molecular flexibility index (Phi) is 5.97. The molecule has 140 valence electrons. The van der Waals surface area contributed by atoms with Crippen molar-refractivity contribution in [3.05, 3.63) is 76.3 Å². The molecule has 0 aliphatic carbocycles. The molecule has 5 heteroatoms. The summed E-state index contributed by atoms with van der Waals surface area (Å²) in [5.74, 6) is -0.408. The maximum atomic E-state index is 12.3. The Morgan fingerprint density at radius 1 is 1.26 bits per heavy atom. The maximum Gasteiger partial charge on any atom is 0.251 e. The second-order valence-corrected chi connectivity index (χ2v) is 7.14. The highest BCUT2D eigenvalue weighted by Gasteiger charge is 2.24. The van der Waals surface area contributed by atoms with Crippen LogP contribution in [0.2, 0.25) is 5.02 Å². The number of unbranched alkanes of at least 4 members (excludes halogenated alkanes) is 1. The van der Waals surface area contributed by atoms with Crippen molar-refractivity contribution < 1.29 is 4.79 Å². The fourth-order valence-corrected chi connectivity index (χ4v) is 3.77. The van der Waals surface area contributed by atoms with Crippen LogP contribution < -0.4 is 5.73 Å². The van der Waals surface area contributed by atoms with Gasteiger partial charge in [0.2, 0.25) is 0 Å². The monoisotopic (exact) mass is 381 g/mol. The van der Waals surface area contributed by atoms with E-state index in [1.165, 1.54) is 0 Å². The first-order valence-corrected chi connectivity index (χ1v) is 9.57. The van der Waals surface area contributed by atoms with Gasteiger partial charge >= 0.3 is 0 Å². The highest BCUT2D eigenvalue weighted by Crippen LogP contribution is 2.34. The molecule has 2 aromatic heterocycles. The zero-order chi connectivity index (χ0) is 19.4. The van der Waals surface area contributed by atoms with Gasteiger partial charge in [-0.05, 0) is 43.5 Å². The zero-order valence-electron chi connectivity index (χ0n) is 15.7. The molecule has 4 nitrogen and oxygen atoms in total. The SMILES string of the molecule is CCCCc1c(-c2cccnc2)c(C(N)=O)c(C)n1Cc1cccc(Cl)c1. The van der Waals surface area contributed by atoms with Crippen LogP contribution in [0.1, 0.15) is 47.1 Å². The average molecular weight is 382 g/mol. The molecule has 0 saturated heterocycles. The van der Waals surface area contributed by atoms with Gasteiger partial charge in [-0.1, -0.05) is 43.1 Å². The Labute approximate surface area is 165 Å². The van der Waals surface area contributed by atoms with Gasteiger partial charge in [0.05, 0.1) is 5.56 Å². The molecule has 0 radical (unpaired) electrons. The molecule has 0 spiro atoms. The van der Waals surface area contributed by atoms with Crippen LogP contribution in [0.15, 0.2) is 48.8 Å². The summed E-state index contributed by atoms with van der Waals surface area (Å²) in [5, 5.41) is 0.704. The number of benzene rings is 1. The van der Waals surface area contributed by atoms with E-state index in [0.717, 1.165) is 47.3 Å². The number of hydrogen-bond acceptors (Lipinski definition) is 2. The minimum Gasteiger partial charge on any atom is -0.366 e. The van der Waals surface area contributed by atoms with Crippen LogP contribution in [-0.2, 0) is 13.0 Å². The minimum absolute atomic E-state index is 0.408. The Morgan fingerprint density at radius 2 is 2.07 bits per heavy atom. The van der Waals surface area contributed by atoms with E-state index < -0.39 is 5.91 Å². The molecule has 0 fully saturated rings. The van der Waals surface area contributed by atoms with E-state index >= 15 is 0 Å². The van der Waals surface area contributed by atoms with Crippen molar-refractivity contribution in [1.82, 2.24) is 9.55 Å². The average Bonchev–Trinajstić information content (AvgIpc) is 2.93. The van der Waals surface area contributed by atoms with Crippen LogP contribution in [0, 0.1) is 6.92 Å². The predicted octanol–water partition coefficient (Wildman–Crippen LogP) is 5.00. The lowest BCUT2D eigenvalue weighted by molar-refractivity contribution is 0.1000. The molecule has 0 aliphatic heterocycles. The number of aromatic nitrogens is 2. The lowest BCUT2D eigenvalue weighted by Crippen LogP contribution is -2.13. The normalized spacial score (nSPS) is 10.9. The third kappa shape index (κ3) is 4.06. The van der Waals surface area contributed by atoms with Gasteiger partial charge in [-0.3, -0.25) is 9.78 Å². The van der Waals surface area contributed by atoms with E-state index in [1.807, 2.05) is 43.3 Å². The van der Waals surface area contributed by atoms with E-state index in [1.54, 1.807) is 12.4 Å². The fourth-order valence-electron chi connectivity index (χ4n) is 3.56. The summed E-state index contributed by atoms with van der Waals surface area (Å²) < 4.78 is 2.20. The number of hydrogen-bond donors (Lipinski definition) is 1. The van der Waals surface area contributed by atoms with Crippen molar-refractivity contribution >= 4 is 17.5 Å². The Bertz CT molecular complexity index is 948. The van der Waals surface area contributed by atoms with Gasteiger partial charge in [0, 0.05) is 46.5 Å². The van der Waals surface area contributed by atoms with Crippen LogP contribution in [0.5, 0.6) is 0 Å². The topological polar surface area (TPSA) is 60.9 Å². The third-order valence-corrected chi connectivity index (χ3v) is 5.06. The van der Waals surface area contributed by atoms with E-state index in [2.05, 4.69) is 16.5 Å². The molecule has 27 heavy (non-hydrogen) atoms. The Hall–Kier alpha value is -2.59. The van der Waals surface area contributed by atoms with Gasteiger partial charge in [0.15, 0.2) is 0 Å². The van der Waals surface area contributed by atoms with Gasteiger partial charge in [-0.15, -0.1) is 0 Å². The van der Waals surface area contributed by atoms with Crippen molar-refractivity contribution in [2.45, 2.75) is 39.7 Å². The summed E-state index contributed by atoms with van der Waals surface area (Å²) in [5.41, 5.74) is 11.3. The molecule has 0 aliphatic rings. The second kappa shape index (κ2) is 8.40. The minimum atomic E-state index is -0.408. The number of nitrogens with zero attached hydrogens (tertiary/aromatic N) is 2. The summed E-state index contributed by atoms with van der Waals surface area (Å²) in [4.78, 5) is 16.6. The zero-order valence-corrected chi connectivity index (χ0v) is 16.5. The lowest BCUT2D eigenvalue weighted by Gasteiger charge is -2.13. The van der Waals surface area contributed by atoms with Gasteiger partial charge < -0.3 is 10.3 Å². The third-order valence-electron chi connectivity index (χ3n) is 4.82. The molecule has 3 aromatic rings. The number of pyridine rings is 1. The first-order valence-electron chi connectivity index (χ1n) is 9.19. The summed E-state index contributed by atoms with van der Waals surface area (Å²) in [6.07, 6.45) is 6.50. The molecular formula is C22H24ClN3O. The summed E-state index contributed by atoms with van der Waals surface area (Å²) >= 11 is 6.17. The van der Waals surface area contributed by atoms with E-state index in [-0.39, 0.29) is 0 Å². The Balaban J connectivity index is 2.21. The molecule has 0 unspecified atom stereocenters. The standard InChI is InChI=1S/C22H24ClN3O/c1-3-4-10-19-21(17-8-6-11-25-13-17)20(22(24)27)15(2)26(19)14-16-7-5-9-18(23)12-16/h5-9,11-13H,3-4,10,14H2,1-2H3,(H2,24,27). The number of halogens is 1. The molecule has 0 bridgehead atoms. The highest BCUT2D eigenvalue weighted by atomic mass is 35.5. The van der Waals surface area contributed by atoms with E-state index in [4.69, 9.17) is 17.3 Å². The van der Waals surface area contributed by atoms with Crippen LogP contribution in [0.3, 0.4) is 0 Å². The van der Waals surface area contributed by atoms with Crippen molar-refractivity contribution in [3.63, 3.8) is 0 Å². The molecule has 1 aromatic carbocycles. The van der Waals surface area contributed by atoms with Crippen molar-refractivity contribution in [2.24, 2.45) is 5.73 Å². The first-order chi connectivity index (χ1) is 13.0. The molecule has 2 N–H and O–H groups in total. The number of primary amides is 1. The van der Waals surface area contributed by atoms with Crippen LogP contribution in [0.25, 0.3) is 11.1 Å². The molecule has 2 heterocycles.